The number of amides is 1. The second-order valence-electron chi connectivity index (χ2n) is 4.11. The lowest BCUT2D eigenvalue weighted by atomic mass is 10.1. The lowest BCUT2D eigenvalue weighted by Crippen LogP contribution is -2.13. The molecule has 0 saturated heterocycles. The highest BCUT2D eigenvalue weighted by Crippen LogP contribution is 2.29. The predicted molar refractivity (Wildman–Crippen MR) is 79.9 cm³/mol. The second-order valence-corrected chi connectivity index (χ2v) is 4.93. The molecule has 1 amide bonds. The highest BCUT2D eigenvalue weighted by molar-refractivity contribution is 6.39. The summed E-state index contributed by atoms with van der Waals surface area (Å²) in [5.41, 5.74) is 5.98. The van der Waals surface area contributed by atoms with Crippen molar-refractivity contribution in [3.8, 4) is 6.07 Å². The van der Waals surface area contributed by atoms with E-state index in [-0.39, 0.29) is 32.5 Å². The molecule has 0 saturated carbocycles. The molecular weight excluding hydrogens is 316 g/mol. The van der Waals surface area contributed by atoms with E-state index < -0.39 is 11.7 Å². The Morgan fingerprint density at radius 2 is 1.86 bits per heavy atom. The average molecular weight is 324 g/mol. The summed E-state index contributed by atoms with van der Waals surface area (Å²) in [5, 5.41) is 11.3. The molecule has 0 aromatic heterocycles. The molecule has 0 unspecified atom stereocenters. The van der Waals surface area contributed by atoms with Gasteiger partial charge in [-0.3, -0.25) is 4.79 Å². The molecule has 0 bridgehead atoms. The number of benzene rings is 2. The Morgan fingerprint density at radius 1 is 1.24 bits per heavy atom. The maximum atomic E-state index is 13.7. The topological polar surface area (TPSA) is 78.9 Å². The lowest BCUT2D eigenvalue weighted by Gasteiger charge is -2.09. The minimum Gasteiger partial charge on any atom is -0.396 e. The van der Waals surface area contributed by atoms with Gasteiger partial charge < -0.3 is 11.1 Å². The van der Waals surface area contributed by atoms with Gasteiger partial charge in [0.25, 0.3) is 5.91 Å². The summed E-state index contributed by atoms with van der Waals surface area (Å²) in [5.74, 6) is -1.31. The second kappa shape index (κ2) is 6.00. The molecule has 3 N–H and O–H groups in total. The minimum atomic E-state index is -0.713. The van der Waals surface area contributed by atoms with E-state index in [0.717, 1.165) is 6.07 Å². The third-order valence-electron chi connectivity index (χ3n) is 2.69. The Bertz CT molecular complexity index is 748. The third-order valence-corrected chi connectivity index (χ3v) is 3.31. The van der Waals surface area contributed by atoms with Gasteiger partial charge in [0.05, 0.1) is 33.1 Å². The number of anilines is 2. The van der Waals surface area contributed by atoms with Crippen LogP contribution >= 0.6 is 23.2 Å². The van der Waals surface area contributed by atoms with Gasteiger partial charge in [-0.1, -0.05) is 23.2 Å². The number of carbonyl (C=O) groups excluding carboxylic acids is 1. The number of nitrogens with zero attached hydrogens (tertiary/aromatic N) is 1. The van der Waals surface area contributed by atoms with E-state index in [1.54, 1.807) is 6.07 Å². The summed E-state index contributed by atoms with van der Waals surface area (Å²) >= 11 is 11.7. The molecule has 0 fully saturated rings. The van der Waals surface area contributed by atoms with Gasteiger partial charge in [0.2, 0.25) is 0 Å². The predicted octanol–water partition coefficient (Wildman–Crippen LogP) is 3.84. The van der Waals surface area contributed by atoms with Crippen LogP contribution in [0, 0.1) is 17.1 Å². The van der Waals surface area contributed by atoms with Crippen LogP contribution in [0.25, 0.3) is 0 Å². The Labute approximate surface area is 129 Å². The van der Waals surface area contributed by atoms with E-state index in [9.17, 15) is 9.18 Å². The summed E-state index contributed by atoms with van der Waals surface area (Å²) in [4.78, 5) is 12.0. The number of halogens is 3. The quantitative estimate of drug-likeness (QED) is 0.824. The summed E-state index contributed by atoms with van der Waals surface area (Å²) in [6, 6.07) is 8.18. The highest BCUT2D eigenvalue weighted by Gasteiger charge is 2.13. The fourth-order valence-electron chi connectivity index (χ4n) is 1.60. The summed E-state index contributed by atoms with van der Waals surface area (Å²) in [6.07, 6.45) is 0. The molecule has 2 aromatic carbocycles. The average Bonchev–Trinajstić information content (AvgIpc) is 2.46. The van der Waals surface area contributed by atoms with Gasteiger partial charge in [-0.2, -0.15) is 5.26 Å². The Hall–Kier alpha value is -2.29. The first-order chi connectivity index (χ1) is 9.92. The number of nitrogens with two attached hydrogens (primary N) is 1. The monoisotopic (exact) mass is 323 g/mol. The smallest absolute Gasteiger partial charge is 0.255 e. The van der Waals surface area contributed by atoms with E-state index >= 15 is 0 Å². The Morgan fingerprint density at radius 3 is 2.38 bits per heavy atom. The zero-order valence-electron chi connectivity index (χ0n) is 10.5. The number of nitrogen functional groups attached to an aromatic ring is 1. The molecular formula is C14H8Cl2FN3O. The summed E-state index contributed by atoms with van der Waals surface area (Å²) in [7, 11) is 0. The van der Waals surface area contributed by atoms with Crippen LogP contribution in [0.5, 0.6) is 0 Å². The zero-order chi connectivity index (χ0) is 15.6. The molecule has 2 rings (SSSR count). The Balaban J connectivity index is 2.28. The number of nitriles is 1. The maximum absolute atomic E-state index is 13.7. The van der Waals surface area contributed by atoms with Gasteiger partial charge >= 0.3 is 0 Å². The molecule has 106 valence electrons. The first kappa shape index (κ1) is 15.1. The number of hydrogen-bond donors (Lipinski definition) is 2. The van der Waals surface area contributed by atoms with Crippen LogP contribution in [0.4, 0.5) is 15.8 Å². The summed E-state index contributed by atoms with van der Waals surface area (Å²) in [6.45, 7) is 0. The molecule has 0 aliphatic carbocycles. The van der Waals surface area contributed by atoms with Crippen molar-refractivity contribution in [2.45, 2.75) is 0 Å². The van der Waals surface area contributed by atoms with Gasteiger partial charge in [0, 0.05) is 5.56 Å². The van der Waals surface area contributed by atoms with Gasteiger partial charge in [0.1, 0.15) is 5.82 Å². The molecule has 0 spiro atoms. The molecule has 0 aliphatic rings. The first-order valence-electron chi connectivity index (χ1n) is 5.68. The number of hydrogen-bond acceptors (Lipinski definition) is 3. The molecule has 0 atom stereocenters. The van der Waals surface area contributed by atoms with E-state index in [2.05, 4.69) is 5.32 Å². The number of rotatable bonds is 2. The van der Waals surface area contributed by atoms with Crippen molar-refractivity contribution in [2.75, 3.05) is 11.1 Å². The van der Waals surface area contributed by atoms with Crippen LogP contribution in [-0.4, -0.2) is 5.91 Å². The van der Waals surface area contributed by atoms with Crippen LogP contribution in [0.2, 0.25) is 10.0 Å². The van der Waals surface area contributed by atoms with Gasteiger partial charge in [-0.25, -0.2) is 4.39 Å². The molecule has 0 heterocycles. The van der Waals surface area contributed by atoms with E-state index in [1.165, 1.54) is 24.3 Å². The lowest BCUT2D eigenvalue weighted by molar-refractivity contribution is 0.102. The summed E-state index contributed by atoms with van der Waals surface area (Å²) < 4.78 is 13.7. The fraction of sp³-hybridized carbons (Fsp3) is 0. The fourth-order valence-corrected chi connectivity index (χ4v) is 2.08. The van der Waals surface area contributed by atoms with Crippen LogP contribution in [0.3, 0.4) is 0 Å². The van der Waals surface area contributed by atoms with E-state index in [4.69, 9.17) is 34.2 Å². The van der Waals surface area contributed by atoms with E-state index in [0.29, 0.717) is 0 Å². The normalized spacial score (nSPS) is 10.0. The van der Waals surface area contributed by atoms with Crippen molar-refractivity contribution in [2.24, 2.45) is 0 Å². The van der Waals surface area contributed by atoms with Gasteiger partial charge in [-0.15, -0.1) is 0 Å². The largest absolute Gasteiger partial charge is 0.396 e. The highest BCUT2D eigenvalue weighted by atomic mass is 35.5. The van der Waals surface area contributed by atoms with E-state index in [1.807, 2.05) is 0 Å². The molecule has 2 aromatic rings. The van der Waals surface area contributed by atoms with Crippen molar-refractivity contribution >= 4 is 40.5 Å². The SMILES string of the molecule is N#Cc1ccc(NC(=O)c2cc(Cl)c(N)c(Cl)c2)c(F)c1. The van der Waals surface area contributed by atoms with Crippen LogP contribution < -0.4 is 11.1 Å². The molecule has 4 nitrogen and oxygen atoms in total. The molecule has 7 heteroatoms. The molecule has 21 heavy (non-hydrogen) atoms. The van der Waals surface area contributed by atoms with Crippen molar-refractivity contribution in [1.29, 1.82) is 5.26 Å². The van der Waals surface area contributed by atoms with Crippen molar-refractivity contribution in [3.63, 3.8) is 0 Å². The minimum absolute atomic E-state index is 0.0527. The van der Waals surface area contributed by atoms with Crippen molar-refractivity contribution in [3.05, 3.63) is 57.3 Å². The standard InChI is InChI=1S/C14H8Cl2FN3O/c15-9-4-8(5-10(16)13(9)19)14(21)20-12-2-1-7(6-18)3-11(12)17/h1-5H,19H2,(H,20,21). The van der Waals surface area contributed by atoms with Crippen molar-refractivity contribution < 1.29 is 9.18 Å². The Kier molecular flexibility index (Phi) is 4.32. The van der Waals surface area contributed by atoms with Crippen LogP contribution in [0.15, 0.2) is 30.3 Å². The maximum Gasteiger partial charge on any atom is 0.255 e. The van der Waals surface area contributed by atoms with Crippen LogP contribution in [0.1, 0.15) is 15.9 Å². The van der Waals surface area contributed by atoms with Gasteiger partial charge in [-0.05, 0) is 30.3 Å². The first-order valence-corrected chi connectivity index (χ1v) is 6.43. The van der Waals surface area contributed by atoms with Gasteiger partial charge in [0.15, 0.2) is 0 Å². The zero-order valence-corrected chi connectivity index (χ0v) is 12.0. The third kappa shape index (κ3) is 3.24. The van der Waals surface area contributed by atoms with Crippen molar-refractivity contribution in [1.82, 2.24) is 0 Å². The number of carbonyl (C=O) groups is 1. The molecule has 0 radical (unpaired) electrons. The van der Waals surface area contributed by atoms with Crippen LogP contribution in [-0.2, 0) is 0 Å². The number of nitrogens with one attached hydrogen (secondary N) is 1. The molecule has 0 aliphatic heterocycles.